The van der Waals surface area contributed by atoms with Crippen LogP contribution >= 0.6 is 23.2 Å². The van der Waals surface area contributed by atoms with Crippen LogP contribution in [0.2, 0.25) is 10.0 Å². The predicted molar refractivity (Wildman–Crippen MR) is 154 cm³/mol. The van der Waals surface area contributed by atoms with Gasteiger partial charge in [-0.25, -0.2) is 14.4 Å². The van der Waals surface area contributed by atoms with E-state index < -0.39 is 5.82 Å². The number of halogens is 3. The molecule has 0 aliphatic carbocycles. The fourth-order valence-corrected chi connectivity index (χ4v) is 4.84. The van der Waals surface area contributed by atoms with E-state index >= 15 is 4.39 Å². The number of nitrogens with zero attached hydrogens (tertiary/aromatic N) is 3. The van der Waals surface area contributed by atoms with Gasteiger partial charge in [-0.15, -0.1) is 0 Å². The van der Waals surface area contributed by atoms with E-state index in [-0.39, 0.29) is 31.5 Å². The minimum absolute atomic E-state index is 0.0177. The van der Waals surface area contributed by atoms with E-state index in [0.717, 1.165) is 0 Å². The largest absolute Gasteiger partial charge is 0.480 e. The Balaban J connectivity index is 1.67. The van der Waals surface area contributed by atoms with Crippen molar-refractivity contribution in [2.24, 2.45) is 0 Å². The summed E-state index contributed by atoms with van der Waals surface area (Å²) in [5.74, 6) is -0.398. The molecule has 0 radical (unpaired) electrons. The van der Waals surface area contributed by atoms with Crippen molar-refractivity contribution in [3.63, 3.8) is 0 Å². The van der Waals surface area contributed by atoms with Gasteiger partial charge < -0.3 is 20.3 Å². The van der Waals surface area contributed by atoms with Crippen molar-refractivity contribution in [1.82, 2.24) is 14.9 Å². The van der Waals surface area contributed by atoms with Crippen molar-refractivity contribution in [3.05, 3.63) is 87.8 Å². The molecule has 40 heavy (non-hydrogen) atoms. The lowest BCUT2D eigenvalue weighted by Gasteiger charge is -2.21. The van der Waals surface area contributed by atoms with Gasteiger partial charge in [0.25, 0.3) is 0 Å². The predicted octanol–water partition coefficient (Wildman–Crippen LogP) is 5.61. The molecule has 3 N–H and O–H groups in total. The maximum atomic E-state index is 15.4. The van der Waals surface area contributed by atoms with Crippen LogP contribution in [0.3, 0.4) is 0 Å². The Labute approximate surface area is 241 Å². The molecule has 4 aromatic rings. The molecule has 2 aromatic heterocycles. The van der Waals surface area contributed by atoms with Gasteiger partial charge in [-0.3, -0.25) is 9.69 Å². The Hall–Kier alpha value is -3.60. The normalized spacial score (nSPS) is 11.1. The summed E-state index contributed by atoms with van der Waals surface area (Å²) in [6, 6.07) is 15.5. The fraction of sp³-hybridized carbons (Fsp3) is 0.207. The summed E-state index contributed by atoms with van der Waals surface area (Å²) >= 11 is 13.6. The highest BCUT2D eigenvalue weighted by molar-refractivity contribution is 6.39. The highest BCUT2D eigenvalue weighted by Crippen LogP contribution is 2.42. The lowest BCUT2D eigenvalue weighted by Crippen LogP contribution is -2.29. The number of methoxy groups -OCH3 is 1. The molecule has 0 amide bonds. The maximum Gasteiger partial charge on any atom is 0.224 e. The van der Waals surface area contributed by atoms with Gasteiger partial charge in [-0.2, -0.15) is 0 Å². The van der Waals surface area contributed by atoms with Crippen LogP contribution in [0.1, 0.15) is 15.9 Å². The van der Waals surface area contributed by atoms with Crippen molar-refractivity contribution in [1.29, 1.82) is 0 Å². The first kappa shape index (κ1) is 29.4. The smallest absolute Gasteiger partial charge is 0.224 e. The Morgan fingerprint density at radius 1 is 0.975 bits per heavy atom. The van der Waals surface area contributed by atoms with E-state index in [2.05, 4.69) is 15.3 Å². The number of ether oxygens (including phenoxy) is 1. The van der Waals surface area contributed by atoms with Crippen LogP contribution in [0, 0.1) is 5.82 Å². The summed E-state index contributed by atoms with van der Waals surface area (Å²) in [5.41, 5.74) is 3.44. The van der Waals surface area contributed by atoms with Crippen LogP contribution in [0.4, 0.5) is 15.9 Å². The zero-order valence-electron chi connectivity index (χ0n) is 21.6. The second kappa shape index (κ2) is 13.6. The quantitative estimate of drug-likeness (QED) is 0.184. The molecule has 0 aliphatic rings. The molecule has 0 aliphatic heterocycles. The van der Waals surface area contributed by atoms with Gasteiger partial charge in [-0.05, 0) is 24.3 Å². The third kappa shape index (κ3) is 6.41. The van der Waals surface area contributed by atoms with Gasteiger partial charge in [0.2, 0.25) is 5.88 Å². The molecule has 0 spiro atoms. The van der Waals surface area contributed by atoms with Crippen LogP contribution in [-0.2, 0) is 6.54 Å². The molecule has 0 fully saturated rings. The molecule has 8 nitrogen and oxygen atoms in total. The number of hydrogen-bond donors (Lipinski definition) is 3. The molecule has 208 valence electrons. The highest BCUT2D eigenvalue weighted by atomic mass is 35.5. The molecule has 0 unspecified atom stereocenters. The summed E-state index contributed by atoms with van der Waals surface area (Å²) in [6.45, 7) is 0.548. The van der Waals surface area contributed by atoms with Gasteiger partial charge in [0.1, 0.15) is 0 Å². The van der Waals surface area contributed by atoms with E-state index in [0.29, 0.717) is 68.6 Å². The molecule has 0 bridgehead atoms. The lowest BCUT2D eigenvalue weighted by atomic mass is 10.00. The van der Waals surface area contributed by atoms with Crippen LogP contribution in [-0.4, -0.2) is 64.8 Å². The maximum absolute atomic E-state index is 15.4. The Bertz CT molecular complexity index is 1500. The summed E-state index contributed by atoms with van der Waals surface area (Å²) in [6.07, 6.45) is 2.14. The standard InChI is InChI=1S/C29H27Cl2FN4O4/c1-40-29-19(17-39)8-9-23(35-29)22-6-2-4-20(25(22)30)21-5-3-7-24(26(21)31)34-28-27(32)18(10-11-33-28)16-36(12-14-37)13-15-38/h2-11,17,37-38H,12-16H2,1H3,(H,33,34). The van der Waals surface area contributed by atoms with E-state index in [1.54, 1.807) is 47.4 Å². The number of benzene rings is 2. The number of carbonyl (C=O) groups is 1. The van der Waals surface area contributed by atoms with E-state index in [1.807, 2.05) is 12.1 Å². The molecule has 2 aromatic carbocycles. The van der Waals surface area contributed by atoms with Crippen molar-refractivity contribution in [3.8, 4) is 28.3 Å². The number of aromatic nitrogens is 2. The fourth-order valence-electron chi connectivity index (χ4n) is 4.24. The SMILES string of the molecule is COc1nc(-c2cccc(-c3cccc(Nc4nccc(CN(CCO)CCO)c4F)c3Cl)c2Cl)ccc1C=O. The number of aliphatic hydroxyl groups excluding tert-OH is 2. The van der Waals surface area contributed by atoms with Gasteiger partial charge in [0, 0.05) is 48.1 Å². The first-order valence-electron chi connectivity index (χ1n) is 12.3. The third-order valence-electron chi connectivity index (χ3n) is 6.22. The van der Waals surface area contributed by atoms with Gasteiger partial charge in [-0.1, -0.05) is 53.5 Å². The first-order chi connectivity index (χ1) is 19.4. The molecular formula is C29H27Cl2FN4O4. The number of nitrogens with one attached hydrogen (secondary N) is 1. The lowest BCUT2D eigenvalue weighted by molar-refractivity contribution is 0.112. The van der Waals surface area contributed by atoms with E-state index in [1.165, 1.54) is 13.3 Å². The molecule has 11 heteroatoms. The van der Waals surface area contributed by atoms with Gasteiger partial charge in [0.05, 0.1) is 47.3 Å². The summed E-state index contributed by atoms with van der Waals surface area (Å²) < 4.78 is 20.6. The highest BCUT2D eigenvalue weighted by Gasteiger charge is 2.18. The van der Waals surface area contributed by atoms with Crippen molar-refractivity contribution < 1.29 is 24.1 Å². The van der Waals surface area contributed by atoms with E-state index in [9.17, 15) is 15.0 Å². The van der Waals surface area contributed by atoms with Crippen molar-refractivity contribution >= 4 is 41.0 Å². The van der Waals surface area contributed by atoms with Crippen molar-refractivity contribution in [2.45, 2.75) is 6.54 Å². The third-order valence-corrected chi connectivity index (χ3v) is 7.04. The zero-order chi connectivity index (χ0) is 28.6. The van der Waals surface area contributed by atoms with Crippen molar-refractivity contribution in [2.75, 3.05) is 38.7 Å². The Kier molecular flexibility index (Phi) is 10.0. The second-order valence-electron chi connectivity index (χ2n) is 8.73. The monoisotopic (exact) mass is 584 g/mol. The Morgan fingerprint density at radius 3 is 2.33 bits per heavy atom. The van der Waals surface area contributed by atoms with Crippen LogP contribution < -0.4 is 10.1 Å². The number of hydrogen-bond acceptors (Lipinski definition) is 8. The van der Waals surface area contributed by atoms with Gasteiger partial charge in [0.15, 0.2) is 17.9 Å². The molecule has 0 atom stereocenters. The number of pyridine rings is 2. The average molecular weight is 585 g/mol. The number of aliphatic hydroxyl groups is 2. The van der Waals surface area contributed by atoms with Crippen LogP contribution in [0.25, 0.3) is 22.4 Å². The Morgan fingerprint density at radius 2 is 1.65 bits per heavy atom. The molecule has 0 saturated carbocycles. The zero-order valence-corrected chi connectivity index (χ0v) is 23.1. The van der Waals surface area contributed by atoms with Crippen LogP contribution in [0.15, 0.2) is 60.8 Å². The minimum atomic E-state index is -0.566. The molecule has 2 heterocycles. The summed E-state index contributed by atoms with van der Waals surface area (Å²) in [5, 5.41) is 22.2. The molecular weight excluding hydrogens is 558 g/mol. The number of aldehydes is 1. The number of rotatable bonds is 12. The molecule has 0 saturated heterocycles. The minimum Gasteiger partial charge on any atom is -0.480 e. The topological polar surface area (TPSA) is 108 Å². The molecule has 4 rings (SSSR count). The summed E-state index contributed by atoms with van der Waals surface area (Å²) in [7, 11) is 1.43. The number of carbonyl (C=O) groups excluding carboxylic acids is 1. The number of anilines is 2. The summed E-state index contributed by atoms with van der Waals surface area (Å²) in [4.78, 5) is 21.6. The second-order valence-corrected chi connectivity index (χ2v) is 9.48. The first-order valence-corrected chi connectivity index (χ1v) is 13.1. The average Bonchev–Trinajstić information content (AvgIpc) is 2.96. The van der Waals surface area contributed by atoms with E-state index in [4.69, 9.17) is 27.9 Å². The van der Waals surface area contributed by atoms with Gasteiger partial charge >= 0.3 is 0 Å². The van der Waals surface area contributed by atoms with Crippen LogP contribution in [0.5, 0.6) is 5.88 Å².